The van der Waals surface area contributed by atoms with Crippen molar-refractivity contribution in [3.63, 3.8) is 0 Å². The van der Waals surface area contributed by atoms with Gasteiger partial charge in [0.15, 0.2) is 5.69 Å². The van der Waals surface area contributed by atoms with E-state index in [2.05, 4.69) is 30.1 Å². The highest BCUT2D eigenvalue weighted by Crippen LogP contribution is 2.39. The zero-order valence-electron chi connectivity index (χ0n) is 19.7. The van der Waals surface area contributed by atoms with E-state index in [0.29, 0.717) is 50.5 Å². The van der Waals surface area contributed by atoms with Crippen molar-refractivity contribution in [2.75, 3.05) is 42.9 Å². The van der Waals surface area contributed by atoms with Crippen LogP contribution in [-0.2, 0) is 17.5 Å². The van der Waals surface area contributed by atoms with Gasteiger partial charge in [0.1, 0.15) is 23.8 Å². The third-order valence-corrected chi connectivity index (χ3v) is 7.22. The molecule has 0 bridgehead atoms. The molecule has 0 spiro atoms. The minimum atomic E-state index is -4.45. The quantitative estimate of drug-likeness (QED) is 0.650. The third-order valence-electron chi connectivity index (χ3n) is 7.22. The number of rotatable bonds is 5. The van der Waals surface area contributed by atoms with Crippen molar-refractivity contribution in [2.24, 2.45) is 0 Å². The number of hydrogen-bond donors (Lipinski definition) is 1. The number of piperidine rings is 1. The van der Waals surface area contributed by atoms with Crippen molar-refractivity contribution in [3.05, 3.63) is 29.6 Å². The second-order valence-electron chi connectivity index (χ2n) is 9.60. The minimum Gasteiger partial charge on any atom is -0.356 e. The summed E-state index contributed by atoms with van der Waals surface area (Å²) < 4.78 is 42.1. The van der Waals surface area contributed by atoms with Gasteiger partial charge in [-0.05, 0) is 44.7 Å². The first-order valence-corrected chi connectivity index (χ1v) is 12.1. The lowest BCUT2D eigenvalue weighted by Gasteiger charge is -2.35. The van der Waals surface area contributed by atoms with Crippen LogP contribution in [0.4, 0.5) is 24.8 Å². The summed E-state index contributed by atoms with van der Waals surface area (Å²) in [4.78, 5) is 29.2. The fourth-order valence-electron chi connectivity index (χ4n) is 5.43. The third kappa shape index (κ3) is 5.40. The maximum Gasteiger partial charge on any atom is 0.434 e. The number of nitrogens with zero attached hydrogens (tertiary/aromatic N) is 6. The van der Waals surface area contributed by atoms with Gasteiger partial charge in [-0.3, -0.25) is 4.79 Å². The van der Waals surface area contributed by atoms with Crippen LogP contribution in [0.25, 0.3) is 0 Å². The van der Waals surface area contributed by atoms with E-state index in [9.17, 15) is 18.0 Å². The van der Waals surface area contributed by atoms with Gasteiger partial charge in [0, 0.05) is 50.3 Å². The van der Waals surface area contributed by atoms with Crippen LogP contribution >= 0.6 is 12.4 Å². The normalized spacial score (nSPS) is 21.5. The SMILES string of the molecule is CC1CC(=O)Nc2ncnc(N3CCC(c4nc(C(F)(F)F)cn4CCN4CCCC4)CC3)c21.Cl. The number of alkyl halides is 3. The first-order valence-electron chi connectivity index (χ1n) is 12.1. The number of nitrogens with one attached hydrogen (secondary N) is 1. The Morgan fingerprint density at radius 3 is 2.49 bits per heavy atom. The Balaban J connectivity index is 0.00000289. The van der Waals surface area contributed by atoms with Crippen molar-refractivity contribution < 1.29 is 18.0 Å². The summed E-state index contributed by atoms with van der Waals surface area (Å²) in [7, 11) is 0. The van der Waals surface area contributed by atoms with E-state index in [1.165, 1.54) is 12.5 Å². The lowest BCUT2D eigenvalue weighted by Crippen LogP contribution is -2.36. The standard InChI is InChI=1S/C23H30F3N7O.ClH/c1-15-12-18(34)30-20-19(15)22(28-14-27-20)32-8-4-16(5-9-32)21-29-17(23(24,25)26)13-33(21)11-10-31-6-2-3-7-31;/h13-16H,2-12H2,1H3,(H,27,28,30,34);1H. The molecule has 1 atom stereocenters. The summed E-state index contributed by atoms with van der Waals surface area (Å²) in [5.74, 6) is 1.82. The summed E-state index contributed by atoms with van der Waals surface area (Å²) in [6, 6.07) is 0. The summed E-state index contributed by atoms with van der Waals surface area (Å²) in [6.45, 7) is 6.61. The summed E-state index contributed by atoms with van der Waals surface area (Å²) in [5.41, 5.74) is 0.132. The fourth-order valence-corrected chi connectivity index (χ4v) is 5.43. The van der Waals surface area contributed by atoms with E-state index in [-0.39, 0.29) is 30.2 Å². The van der Waals surface area contributed by atoms with E-state index >= 15 is 0 Å². The zero-order valence-corrected chi connectivity index (χ0v) is 20.5. The molecule has 1 unspecified atom stereocenters. The van der Waals surface area contributed by atoms with Crippen LogP contribution in [-0.4, -0.2) is 63.0 Å². The van der Waals surface area contributed by atoms with E-state index in [1.807, 2.05) is 6.92 Å². The molecule has 2 aromatic rings. The minimum absolute atomic E-state index is 0. The predicted octanol–water partition coefficient (Wildman–Crippen LogP) is 4.04. The second kappa shape index (κ2) is 10.3. The Hall–Kier alpha value is -2.40. The van der Waals surface area contributed by atoms with Gasteiger partial charge in [-0.2, -0.15) is 13.2 Å². The molecule has 0 radical (unpaired) electrons. The maximum absolute atomic E-state index is 13.5. The van der Waals surface area contributed by atoms with Crippen LogP contribution in [0.2, 0.25) is 0 Å². The van der Waals surface area contributed by atoms with Crippen LogP contribution in [0.15, 0.2) is 12.5 Å². The van der Waals surface area contributed by atoms with Crippen molar-refractivity contribution >= 4 is 29.9 Å². The van der Waals surface area contributed by atoms with Crippen LogP contribution in [0.3, 0.4) is 0 Å². The molecule has 0 aromatic carbocycles. The number of carbonyl (C=O) groups excluding carboxylic acids is 1. The van der Waals surface area contributed by atoms with Crippen molar-refractivity contribution in [2.45, 2.75) is 63.6 Å². The highest BCUT2D eigenvalue weighted by atomic mass is 35.5. The van der Waals surface area contributed by atoms with Gasteiger partial charge < -0.3 is 19.7 Å². The molecule has 5 heterocycles. The van der Waals surface area contributed by atoms with Crippen LogP contribution in [0.1, 0.15) is 67.9 Å². The van der Waals surface area contributed by atoms with Gasteiger partial charge in [-0.15, -0.1) is 12.4 Å². The monoisotopic (exact) mass is 513 g/mol. The molecule has 5 rings (SSSR count). The van der Waals surface area contributed by atoms with Crippen LogP contribution in [0, 0.1) is 0 Å². The topological polar surface area (TPSA) is 79.2 Å². The average molecular weight is 514 g/mol. The largest absolute Gasteiger partial charge is 0.434 e. The molecular formula is C23H31ClF3N7O. The summed E-state index contributed by atoms with van der Waals surface area (Å²) in [6.07, 6.45) is 2.26. The number of halogens is 4. The Kier molecular flexibility index (Phi) is 7.56. The number of fused-ring (bicyclic) bond motifs is 1. The van der Waals surface area contributed by atoms with E-state index in [1.54, 1.807) is 4.57 Å². The molecule has 0 saturated carbocycles. The number of amides is 1. The van der Waals surface area contributed by atoms with Gasteiger partial charge in [0.25, 0.3) is 0 Å². The van der Waals surface area contributed by atoms with Crippen LogP contribution in [0.5, 0.6) is 0 Å². The Bertz CT molecular complexity index is 1050. The number of aromatic nitrogens is 4. The van der Waals surface area contributed by atoms with Gasteiger partial charge >= 0.3 is 6.18 Å². The van der Waals surface area contributed by atoms with Crippen molar-refractivity contribution in [1.29, 1.82) is 0 Å². The summed E-state index contributed by atoms with van der Waals surface area (Å²) in [5, 5.41) is 2.83. The maximum atomic E-state index is 13.5. The molecule has 0 aliphatic carbocycles. The average Bonchev–Trinajstić information content (AvgIpc) is 3.47. The van der Waals surface area contributed by atoms with Crippen molar-refractivity contribution in [1.82, 2.24) is 24.4 Å². The van der Waals surface area contributed by atoms with E-state index in [0.717, 1.165) is 43.9 Å². The number of carbonyl (C=O) groups is 1. The Morgan fingerprint density at radius 1 is 1.09 bits per heavy atom. The molecule has 2 fully saturated rings. The van der Waals surface area contributed by atoms with Gasteiger partial charge in [0.2, 0.25) is 5.91 Å². The molecule has 35 heavy (non-hydrogen) atoms. The Labute approximate surface area is 208 Å². The molecule has 2 saturated heterocycles. The van der Waals surface area contributed by atoms with E-state index in [4.69, 9.17) is 0 Å². The highest BCUT2D eigenvalue weighted by molar-refractivity contribution is 5.94. The van der Waals surface area contributed by atoms with Crippen molar-refractivity contribution in [3.8, 4) is 0 Å². The molecule has 12 heteroatoms. The van der Waals surface area contributed by atoms with E-state index < -0.39 is 11.9 Å². The number of anilines is 2. The first-order chi connectivity index (χ1) is 16.3. The second-order valence-corrected chi connectivity index (χ2v) is 9.60. The molecule has 8 nitrogen and oxygen atoms in total. The molecule has 1 N–H and O–H groups in total. The molecule has 1 amide bonds. The lowest BCUT2D eigenvalue weighted by molar-refractivity contribution is -0.141. The Morgan fingerprint density at radius 2 is 1.80 bits per heavy atom. The molecule has 192 valence electrons. The highest BCUT2D eigenvalue weighted by Gasteiger charge is 2.37. The van der Waals surface area contributed by atoms with Gasteiger partial charge in [-0.25, -0.2) is 15.0 Å². The fraction of sp³-hybridized carbons (Fsp3) is 0.652. The number of hydrogen-bond acceptors (Lipinski definition) is 6. The van der Waals surface area contributed by atoms with Gasteiger partial charge in [-0.1, -0.05) is 6.92 Å². The first kappa shape index (κ1) is 25.7. The number of likely N-dealkylation sites (tertiary alicyclic amines) is 1. The molecule has 2 aromatic heterocycles. The van der Waals surface area contributed by atoms with Gasteiger partial charge in [0.05, 0.1) is 0 Å². The molecular weight excluding hydrogens is 483 g/mol. The predicted molar refractivity (Wildman–Crippen MR) is 128 cm³/mol. The smallest absolute Gasteiger partial charge is 0.356 e. The summed E-state index contributed by atoms with van der Waals surface area (Å²) >= 11 is 0. The lowest BCUT2D eigenvalue weighted by atomic mass is 9.92. The molecule has 3 aliphatic rings. The van der Waals surface area contributed by atoms with Crippen LogP contribution < -0.4 is 10.2 Å². The molecule has 3 aliphatic heterocycles. The zero-order chi connectivity index (χ0) is 23.9. The number of imidazole rings is 1.